The first kappa shape index (κ1) is 17.1. The van der Waals surface area contributed by atoms with E-state index in [-0.39, 0.29) is 16.0 Å². The number of sulfonamides is 1. The van der Waals surface area contributed by atoms with Crippen LogP contribution in [-0.4, -0.2) is 19.5 Å². The highest BCUT2D eigenvalue weighted by atomic mass is 32.2. The number of aryl methyl sites for hydroxylation is 1. The Bertz CT molecular complexity index is 495. The number of nitrogens with zero attached hydrogens (tertiary/aromatic N) is 1. The van der Waals surface area contributed by atoms with Gasteiger partial charge in [0.05, 0.1) is 4.90 Å². The second-order valence-corrected chi connectivity index (χ2v) is 6.97. The van der Waals surface area contributed by atoms with Crippen molar-refractivity contribution >= 4 is 10.0 Å². The Balaban J connectivity index is 2.61. The lowest BCUT2D eigenvalue weighted by atomic mass is 9.98. The normalized spacial score (nSPS) is 12.3. The molecule has 0 aliphatic rings. The first-order valence-electron chi connectivity index (χ1n) is 7.17. The minimum absolute atomic E-state index is 0.00753. The lowest BCUT2D eigenvalue weighted by molar-refractivity contribution is 0.133. The van der Waals surface area contributed by atoms with Crippen LogP contribution in [0.4, 0.5) is 4.48 Å². The van der Waals surface area contributed by atoms with Crippen molar-refractivity contribution in [2.24, 2.45) is 5.92 Å². The zero-order chi connectivity index (χ0) is 15.2. The van der Waals surface area contributed by atoms with Crippen molar-refractivity contribution in [3.63, 3.8) is 0 Å². The van der Waals surface area contributed by atoms with Crippen LogP contribution in [0, 0.1) is 12.8 Å². The van der Waals surface area contributed by atoms with E-state index in [9.17, 15) is 12.9 Å². The van der Waals surface area contributed by atoms with E-state index in [1.54, 1.807) is 12.1 Å². The molecule has 0 amide bonds. The molecule has 0 atom stereocenters. The molecule has 0 aromatic heterocycles. The van der Waals surface area contributed by atoms with Crippen molar-refractivity contribution in [3.05, 3.63) is 29.8 Å². The summed E-state index contributed by atoms with van der Waals surface area (Å²) in [7, 11) is -4.00. The van der Waals surface area contributed by atoms with Gasteiger partial charge in [0, 0.05) is 6.54 Å². The molecule has 1 rings (SSSR count). The molecule has 0 aliphatic carbocycles. The van der Waals surface area contributed by atoms with Gasteiger partial charge in [-0.2, -0.15) is 0 Å². The van der Waals surface area contributed by atoms with Crippen molar-refractivity contribution in [3.8, 4) is 0 Å². The third-order valence-electron chi connectivity index (χ3n) is 3.68. The summed E-state index contributed by atoms with van der Waals surface area (Å²) in [5, 5.41) is 0. The van der Waals surface area contributed by atoms with Gasteiger partial charge in [0.25, 0.3) is 10.0 Å². The second kappa shape index (κ2) is 7.74. The maximum atomic E-state index is 13.9. The molecule has 1 aromatic carbocycles. The molecule has 0 N–H and O–H groups in total. The van der Waals surface area contributed by atoms with Crippen molar-refractivity contribution < 1.29 is 12.9 Å². The number of halogens is 1. The highest BCUT2D eigenvalue weighted by Crippen LogP contribution is 2.19. The molecule has 0 aliphatic heterocycles. The summed E-state index contributed by atoms with van der Waals surface area (Å²) < 4.78 is 37.9. The maximum absolute atomic E-state index is 13.9. The van der Waals surface area contributed by atoms with Gasteiger partial charge in [-0.05, 0) is 42.3 Å². The van der Waals surface area contributed by atoms with E-state index < -0.39 is 10.0 Å². The van der Waals surface area contributed by atoms with E-state index >= 15 is 0 Å². The average molecular weight is 301 g/mol. The van der Waals surface area contributed by atoms with Crippen LogP contribution in [0.1, 0.15) is 45.1 Å². The summed E-state index contributed by atoms with van der Waals surface area (Å²) in [6.45, 7) is 5.99. The molecule has 5 heteroatoms. The Morgan fingerprint density at radius 3 is 2.20 bits per heavy atom. The molecule has 0 saturated carbocycles. The number of hydrogen-bond acceptors (Lipinski definition) is 2. The van der Waals surface area contributed by atoms with Crippen LogP contribution in [0.15, 0.2) is 29.2 Å². The van der Waals surface area contributed by atoms with Crippen LogP contribution >= 0.6 is 0 Å². The minimum Gasteiger partial charge on any atom is -0.205 e. The predicted molar refractivity (Wildman–Crippen MR) is 79.5 cm³/mol. The quantitative estimate of drug-likeness (QED) is 0.678. The van der Waals surface area contributed by atoms with Crippen LogP contribution in [0.3, 0.4) is 0 Å². The fourth-order valence-corrected chi connectivity index (χ4v) is 3.22. The standard InChI is InChI=1S/C15H24FNO2S/c1-4-14(5-2)7-6-12-17(16)20(18,19)15-10-8-13(3)9-11-15/h8-11,14H,4-7,12H2,1-3H3. The average Bonchev–Trinajstić information content (AvgIpc) is 2.43. The Kier molecular flexibility index (Phi) is 6.62. The molecule has 0 spiro atoms. The Morgan fingerprint density at radius 1 is 1.15 bits per heavy atom. The molecule has 3 nitrogen and oxygen atoms in total. The van der Waals surface area contributed by atoms with Gasteiger partial charge in [-0.15, -0.1) is 4.48 Å². The summed E-state index contributed by atoms with van der Waals surface area (Å²) in [4.78, 5) is 0.00753. The first-order valence-corrected chi connectivity index (χ1v) is 8.61. The number of rotatable bonds is 8. The van der Waals surface area contributed by atoms with Crippen LogP contribution < -0.4 is 0 Å². The van der Waals surface area contributed by atoms with E-state index in [0.717, 1.165) is 24.8 Å². The molecule has 114 valence electrons. The van der Waals surface area contributed by atoms with Gasteiger partial charge in [-0.1, -0.05) is 44.4 Å². The first-order chi connectivity index (χ1) is 9.41. The van der Waals surface area contributed by atoms with Gasteiger partial charge in [0.1, 0.15) is 0 Å². The zero-order valence-corrected chi connectivity index (χ0v) is 13.3. The topological polar surface area (TPSA) is 37.4 Å². The van der Waals surface area contributed by atoms with E-state index in [1.807, 2.05) is 6.92 Å². The molecular weight excluding hydrogens is 277 g/mol. The molecule has 0 radical (unpaired) electrons. The lowest BCUT2D eigenvalue weighted by Crippen LogP contribution is -2.24. The third-order valence-corrected chi connectivity index (χ3v) is 5.25. The smallest absolute Gasteiger partial charge is 0.205 e. The summed E-state index contributed by atoms with van der Waals surface area (Å²) in [5.74, 6) is 0.547. The molecule has 1 aromatic rings. The Labute approximate surface area is 121 Å². The highest BCUT2D eigenvalue weighted by Gasteiger charge is 2.24. The van der Waals surface area contributed by atoms with Crippen molar-refractivity contribution in [2.45, 2.75) is 51.3 Å². The lowest BCUT2D eigenvalue weighted by Gasteiger charge is -2.15. The Hall–Kier alpha value is -0.940. The van der Waals surface area contributed by atoms with Crippen molar-refractivity contribution in [1.82, 2.24) is 4.53 Å². The molecular formula is C15H24FNO2S. The molecule has 0 saturated heterocycles. The minimum atomic E-state index is -4.00. The molecule has 0 unspecified atom stereocenters. The van der Waals surface area contributed by atoms with Crippen LogP contribution in [0.25, 0.3) is 0 Å². The fraction of sp³-hybridized carbons (Fsp3) is 0.600. The van der Waals surface area contributed by atoms with Gasteiger partial charge in [-0.25, -0.2) is 8.42 Å². The molecule has 0 bridgehead atoms. The SMILES string of the molecule is CCC(CC)CCCN(F)S(=O)(=O)c1ccc(C)cc1. The zero-order valence-electron chi connectivity index (χ0n) is 12.5. The summed E-state index contributed by atoms with van der Waals surface area (Å²) in [6, 6.07) is 6.23. The van der Waals surface area contributed by atoms with E-state index in [4.69, 9.17) is 0 Å². The number of benzene rings is 1. The molecule has 20 heavy (non-hydrogen) atoms. The summed E-state index contributed by atoms with van der Waals surface area (Å²) in [5.41, 5.74) is 0.947. The number of hydrogen-bond donors (Lipinski definition) is 0. The fourth-order valence-electron chi connectivity index (χ4n) is 2.15. The largest absolute Gasteiger partial charge is 0.269 e. The van der Waals surface area contributed by atoms with Crippen LogP contribution in [-0.2, 0) is 10.0 Å². The van der Waals surface area contributed by atoms with Gasteiger partial charge in [0.2, 0.25) is 0 Å². The van der Waals surface area contributed by atoms with E-state index in [2.05, 4.69) is 13.8 Å². The maximum Gasteiger partial charge on any atom is 0.269 e. The van der Waals surface area contributed by atoms with Gasteiger partial charge >= 0.3 is 0 Å². The van der Waals surface area contributed by atoms with Crippen molar-refractivity contribution in [2.75, 3.05) is 6.54 Å². The second-order valence-electron chi connectivity index (χ2n) is 5.15. The van der Waals surface area contributed by atoms with E-state index in [1.165, 1.54) is 12.1 Å². The third kappa shape index (κ3) is 4.56. The highest BCUT2D eigenvalue weighted by molar-refractivity contribution is 7.89. The monoisotopic (exact) mass is 301 g/mol. The molecule has 0 heterocycles. The predicted octanol–water partition coefficient (Wildman–Crippen LogP) is 4.09. The summed E-state index contributed by atoms with van der Waals surface area (Å²) >= 11 is 0. The van der Waals surface area contributed by atoms with Crippen LogP contribution in [0.2, 0.25) is 0 Å². The summed E-state index contributed by atoms with van der Waals surface area (Å²) in [6.07, 6.45) is 3.51. The van der Waals surface area contributed by atoms with Crippen LogP contribution in [0.5, 0.6) is 0 Å². The Morgan fingerprint density at radius 2 is 1.70 bits per heavy atom. The van der Waals surface area contributed by atoms with Crippen molar-refractivity contribution in [1.29, 1.82) is 0 Å². The van der Waals surface area contributed by atoms with E-state index in [0.29, 0.717) is 12.3 Å². The van der Waals surface area contributed by atoms with Gasteiger partial charge < -0.3 is 0 Å². The molecule has 0 fully saturated rings. The van der Waals surface area contributed by atoms with Gasteiger partial charge in [0.15, 0.2) is 0 Å². The van der Waals surface area contributed by atoms with Gasteiger partial charge in [-0.3, -0.25) is 0 Å².